The Kier molecular flexibility index (Phi) is 3.67. The number of rotatable bonds is 4. The van der Waals surface area contributed by atoms with Gasteiger partial charge in [-0.25, -0.2) is 9.97 Å². The molecule has 3 aromatic heterocycles. The maximum atomic E-state index is 4.81. The maximum Gasteiger partial charge on any atom is 0.230 e. The molecular formula is C19H22N6. The minimum absolute atomic E-state index is 0.686. The molecule has 0 saturated heterocycles. The molecule has 0 atom stereocenters. The van der Waals surface area contributed by atoms with Gasteiger partial charge in [0, 0.05) is 38.5 Å². The fourth-order valence-corrected chi connectivity index (χ4v) is 3.24. The summed E-state index contributed by atoms with van der Waals surface area (Å²) in [7, 11) is 6.00. The van der Waals surface area contributed by atoms with Crippen molar-refractivity contribution in [3.8, 4) is 0 Å². The molecule has 4 aromatic rings. The van der Waals surface area contributed by atoms with E-state index in [-0.39, 0.29) is 0 Å². The molecule has 6 nitrogen and oxygen atoms in total. The van der Waals surface area contributed by atoms with Gasteiger partial charge in [-0.1, -0.05) is 19.4 Å². The molecule has 0 amide bonds. The van der Waals surface area contributed by atoms with Gasteiger partial charge in [-0.2, -0.15) is 5.10 Å². The van der Waals surface area contributed by atoms with Crippen LogP contribution in [-0.2, 0) is 20.5 Å². The second-order valence-corrected chi connectivity index (χ2v) is 6.45. The first kappa shape index (κ1) is 15.6. The van der Waals surface area contributed by atoms with E-state index in [0.29, 0.717) is 5.95 Å². The van der Waals surface area contributed by atoms with E-state index in [1.165, 1.54) is 10.9 Å². The first-order valence-corrected chi connectivity index (χ1v) is 8.56. The van der Waals surface area contributed by atoms with E-state index in [1.54, 1.807) is 0 Å². The molecule has 128 valence electrons. The Balaban J connectivity index is 1.79. The summed E-state index contributed by atoms with van der Waals surface area (Å²) in [6, 6.07) is 8.52. The average Bonchev–Trinajstić information content (AvgIpc) is 3.15. The van der Waals surface area contributed by atoms with Crippen LogP contribution >= 0.6 is 0 Å². The van der Waals surface area contributed by atoms with Gasteiger partial charge in [0.25, 0.3) is 0 Å². The number of nitrogens with zero attached hydrogens (tertiary/aromatic N) is 6. The van der Waals surface area contributed by atoms with Crippen molar-refractivity contribution in [1.29, 1.82) is 0 Å². The summed E-state index contributed by atoms with van der Waals surface area (Å²) < 4.78 is 3.98. The van der Waals surface area contributed by atoms with E-state index in [4.69, 9.17) is 4.98 Å². The Morgan fingerprint density at radius 3 is 2.76 bits per heavy atom. The summed E-state index contributed by atoms with van der Waals surface area (Å²) in [5.41, 5.74) is 5.21. The molecule has 0 bridgehead atoms. The number of aromatic nitrogens is 5. The van der Waals surface area contributed by atoms with Crippen LogP contribution in [0.5, 0.6) is 0 Å². The predicted octanol–water partition coefficient (Wildman–Crippen LogP) is 3.58. The number of anilines is 2. The number of fused-ring (bicyclic) bond motifs is 2. The van der Waals surface area contributed by atoms with Gasteiger partial charge in [-0.3, -0.25) is 4.68 Å². The van der Waals surface area contributed by atoms with Crippen LogP contribution in [0.1, 0.15) is 19.0 Å². The number of hydrogen-bond acceptors (Lipinski definition) is 4. The third-order valence-corrected chi connectivity index (χ3v) is 4.70. The number of aryl methyl sites for hydroxylation is 3. The molecule has 4 rings (SSSR count). The third-order valence-electron chi connectivity index (χ3n) is 4.70. The Bertz CT molecular complexity index is 1060. The minimum atomic E-state index is 0.686. The molecule has 1 aromatic carbocycles. The van der Waals surface area contributed by atoms with Gasteiger partial charge in [-0.05, 0) is 30.0 Å². The van der Waals surface area contributed by atoms with Crippen LogP contribution in [0, 0.1) is 0 Å². The van der Waals surface area contributed by atoms with Crippen molar-refractivity contribution in [1.82, 2.24) is 24.3 Å². The first-order chi connectivity index (χ1) is 12.1. The summed E-state index contributed by atoms with van der Waals surface area (Å²) in [6.45, 7) is 2.16. The Hall–Kier alpha value is -2.89. The predicted molar refractivity (Wildman–Crippen MR) is 101 cm³/mol. The summed E-state index contributed by atoms with van der Waals surface area (Å²) in [6.07, 6.45) is 5.91. The highest BCUT2D eigenvalue weighted by molar-refractivity contribution is 5.85. The van der Waals surface area contributed by atoms with Crippen molar-refractivity contribution in [3.05, 3.63) is 42.4 Å². The Labute approximate surface area is 146 Å². The molecule has 0 unspecified atom stereocenters. The van der Waals surface area contributed by atoms with Crippen LogP contribution in [-0.4, -0.2) is 31.4 Å². The normalized spacial score (nSPS) is 11.5. The zero-order valence-electron chi connectivity index (χ0n) is 15.1. The Morgan fingerprint density at radius 1 is 1.12 bits per heavy atom. The van der Waals surface area contributed by atoms with Gasteiger partial charge in [-0.15, -0.1) is 0 Å². The van der Waals surface area contributed by atoms with Crippen molar-refractivity contribution in [2.75, 3.05) is 11.9 Å². The largest absolute Gasteiger partial charge is 0.350 e. The van der Waals surface area contributed by atoms with Gasteiger partial charge >= 0.3 is 0 Å². The summed E-state index contributed by atoms with van der Waals surface area (Å²) in [4.78, 5) is 11.4. The standard InChI is InChI=1S/C19H22N6/c1-5-6-15-18-17(25(4)22-15)12-20-19(21-18)24(3)14-8-7-13-9-10-23(2)16(13)11-14/h7-12H,5-6H2,1-4H3. The van der Waals surface area contributed by atoms with Gasteiger partial charge in [0.1, 0.15) is 11.0 Å². The first-order valence-electron chi connectivity index (χ1n) is 8.56. The van der Waals surface area contributed by atoms with Gasteiger partial charge < -0.3 is 9.47 Å². The zero-order valence-corrected chi connectivity index (χ0v) is 15.1. The second kappa shape index (κ2) is 5.88. The molecule has 0 spiro atoms. The highest BCUT2D eigenvalue weighted by Crippen LogP contribution is 2.27. The molecular weight excluding hydrogens is 312 g/mol. The lowest BCUT2D eigenvalue weighted by molar-refractivity contribution is 0.752. The van der Waals surface area contributed by atoms with Crippen molar-refractivity contribution >= 4 is 33.6 Å². The van der Waals surface area contributed by atoms with Gasteiger partial charge in [0.15, 0.2) is 0 Å². The summed E-state index contributed by atoms with van der Waals surface area (Å²) in [5, 5.41) is 5.82. The number of hydrogen-bond donors (Lipinski definition) is 0. The molecule has 3 heterocycles. The zero-order chi connectivity index (χ0) is 17.6. The molecule has 0 aliphatic carbocycles. The van der Waals surface area contributed by atoms with Gasteiger partial charge in [0.2, 0.25) is 5.95 Å². The monoisotopic (exact) mass is 334 g/mol. The minimum Gasteiger partial charge on any atom is -0.350 e. The van der Waals surface area contributed by atoms with E-state index in [0.717, 1.165) is 35.3 Å². The van der Waals surface area contributed by atoms with Crippen LogP contribution in [0.2, 0.25) is 0 Å². The fourth-order valence-electron chi connectivity index (χ4n) is 3.24. The average molecular weight is 334 g/mol. The molecule has 0 N–H and O–H groups in total. The van der Waals surface area contributed by atoms with Gasteiger partial charge in [0.05, 0.1) is 11.9 Å². The topological polar surface area (TPSA) is 51.8 Å². The molecule has 0 aliphatic heterocycles. The van der Waals surface area contributed by atoms with Crippen molar-refractivity contribution in [2.24, 2.45) is 14.1 Å². The molecule has 6 heteroatoms. The van der Waals surface area contributed by atoms with Crippen molar-refractivity contribution < 1.29 is 0 Å². The van der Waals surface area contributed by atoms with E-state index in [1.807, 2.05) is 29.9 Å². The Morgan fingerprint density at radius 2 is 1.96 bits per heavy atom. The lowest BCUT2D eigenvalue weighted by Gasteiger charge is -2.17. The van der Waals surface area contributed by atoms with E-state index in [9.17, 15) is 0 Å². The highest BCUT2D eigenvalue weighted by atomic mass is 15.3. The highest BCUT2D eigenvalue weighted by Gasteiger charge is 2.14. The number of benzene rings is 1. The lowest BCUT2D eigenvalue weighted by atomic mass is 10.2. The van der Waals surface area contributed by atoms with Crippen LogP contribution in [0.15, 0.2) is 36.7 Å². The van der Waals surface area contributed by atoms with Crippen LogP contribution < -0.4 is 4.90 Å². The third kappa shape index (κ3) is 2.54. The maximum absolute atomic E-state index is 4.81. The van der Waals surface area contributed by atoms with E-state index < -0.39 is 0 Å². The molecule has 0 fully saturated rings. The molecule has 0 radical (unpaired) electrons. The summed E-state index contributed by atoms with van der Waals surface area (Å²) in [5.74, 6) is 0.686. The smallest absolute Gasteiger partial charge is 0.230 e. The lowest BCUT2D eigenvalue weighted by Crippen LogP contribution is -2.13. The van der Waals surface area contributed by atoms with Crippen molar-refractivity contribution in [2.45, 2.75) is 19.8 Å². The van der Waals surface area contributed by atoms with Crippen molar-refractivity contribution in [3.63, 3.8) is 0 Å². The molecule has 0 aliphatic rings. The summed E-state index contributed by atoms with van der Waals surface area (Å²) >= 11 is 0. The van der Waals surface area contributed by atoms with Crippen LogP contribution in [0.4, 0.5) is 11.6 Å². The molecule has 0 saturated carbocycles. The second-order valence-electron chi connectivity index (χ2n) is 6.45. The SMILES string of the molecule is CCCc1nn(C)c2cnc(N(C)c3ccc4ccn(C)c4c3)nc12. The van der Waals surface area contributed by atoms with E-state index in [2.05, 4.69) is 59.1 Å². The fraction of sp³-hybridized carbons (Fsp3) is 0.316. The quantitative estimate of drug-likeness (QED) is 0.572. The molecule has 25 heavy (non-hydrogen) atoms. The van der Waals surface area contributed by atoms with E-state index >= 15 is 0 Å². The van der Waals surface area contributed by atoms with Crippen LogP contribution in [0.25, 0.3) is 21.9 Å². The van der Waals surface area contributed by atoms with Crippen LogP contribution in [0.3, 0.4) is 0 Å².